The van der Waals surface area contributed by atoms with Crippen LogP contribution in [0.1, 0.15) is 39.8 Å². The SMILES string of the molecule is CC1(C)OB(c2cc(F)c3nn4c(c3c2)CCC4)OC1(C)C. The Morgan fingerprint density at radius 2 is 1.86 bits per heavy atom. The molecule has 0 aliphatic carbocycles. The fraction of sp³-hybridized carbons (Fsp3) is 0.562. The van der Waals surface area contributed by atoms with E-state index in [0.29, 0.717) is 5.52 Å². The molecule has 4 rings (SSSR count). The van der Waals surface area contributed by atoms with Crippen LogP contribution in [-0.2, 0) is 22.3 Å². The summed E-state index contributed by atoms with van der Waals surface area (Å²) in [6, 6.07) is 3.47. The van der Waals surface area contributed by atoms with Gasteiger partial charge in [0.2, 0.25) is 0 Å². The van der Waals surface area contributed by atoms with Crippen LogP contribution in [0, 0.1) is 5.82 Å². The molecule has 1 saturated heterocycles. The molecule has 22 heavy (non-hydrogen) atoms. The van der Waals surface area contributed by atoms with Crippen molar-refractivity contribution >= 4 is 23.5 Å². The van der Waals surface area contributed by atoms with Crippen molar-refractivity contribution in [3.8, 4) is 0 Å². The summed E-state index contributed by atoms with van der Waals surface area (Å²) in [5.74, 6) is -0.302. The van der Waals surface area contributed by atoms with E-state index in [9.17, 15) is 4.39 Å². The van der Waals surface area contributed by atoms with Crippen molar-refractivity contribution in [2.75, 3.05) is 0 Å². The van der Waals surface area contributed by atoms with Crippen LogP contribution in [0.15, 0.2) is 12.1 Å². The highest BCUT2D eigenvalue weighted by atomic mass is 19.1. The number of rotatable bonds is 1. The van der Waals surface area contributed by atoms with Crippen molar-refractivity contribution in [2.45, 2.75) is 58.3 Å². The Morgan fingerprint density at radius 1 is 1.18 bits per heavy atom. The van der Waals surface area contributed by atoms with Gasteiger partial charge in [-0.3, -0.25) is 4.68 Å². The van der Waals surface area contributed by atoms with Gasteiger partial charge in [0.15, 0.2) is 5.82 Å². The van der Waals surface area contributed by atoms with Gasteiger partial charge in [0.25, 0.3) is 0 Å². The van der Waals surface area contributed by atoms with Crippen LogP contribution in [0.25, 0.3) is 10.9 Å². The van der Waals surface area contributed by atoms with Gasteiger partial charge in [0, 0.05) is 17.6 Å². The molecular weight excluding hydrogens is 282 g/mol. The van der Waals surface area contributed by atoms with E-state index in [0.717, 1.165) is 35.9 Å². The average Bonchev–Trinajstić information content (AvgIpc) is 3.03. The number of aromatic nitrogens is 2. The zero-order chi connectivity index (χ0) is 15.7. The maximum atomic E-state index is 14.5. The Morgan fingerprint density at radius 3 is 2.55 bits per heavy atom. The molecule has 1 aromatic heterocycles. The number of hydrogen-bond acceptors (Lipinski definition) is 3. The first-order chi connectivity index (χ1) is 10.3. The third-order valence-electron chi connectivity index (χ3n) is 5.24. The summed E-state index contributed by atoms with van der Waals surface area (Å²) in [5, 5.41) is 5.27. The molecule has 0 unspecified atom stereocenters. The van der Waals surface area contributed by atoms with Crippen molar-refractivity contribution in [1.82, 2.24) is 9.78 Å². The normalized spacial score (nSPS) is 22.5. The minimum absolute atomic E-state index is 0.302. The predicted molar refractivity (Wildman–Crippen MR) is 83.7 cm³/mol. The Balaban J connectivity index is 1.80. The standard InChI is InChI=1S/C16H20BFN2O2/c1-15(2)16(3,4)22-17(21-15)10-8-11-13-6-5-7-20(13)19-14(11)12(18)9-10/h8-9H,5-7H2,1-4H3. The zero-order valence-electron chi connectivity index (χ0n) is 13.4. The summed E-state index contributed by atoms with van der Waals surface area (Å²) < 4.78 is 28.4. The fourth-order valence-electron chi connectivity index (χ4n) is 3.22. The number of hydrogen-bond donors (Lipinski definition) is 0. The zero-order valence-corrected chi connectivity index (χ0v) is 13.4. The van der Waals surface area contributed by atoms with Gasteiger partial charge in [-0.25, -0.2) is 4.39 Å². The van der Waals surface area contributed by atoms with E-state index in [1.54, 1.807) is 0 Å². The third-order valence-corrected chi connectivity index (χ3v) is 5.24. The summed E-state index contributed by atoms with van der Waals surface area (Å²) in [5.41, 5.74) is 1.45. The van der Waals surface area contributed by atoms with Gasteiger partial charge < -0.3 is 9.31 Å². The quantitative estimate of drug-likeness (QED) is 0.759. The van der Waals surface area contributed by atoms with Crippen LogP contribution >= 0.6 is 0 Å². The minimum Gasteiger partial charge on any atom is -0.399 e. The van der Waals surface area contributed by atoms with Crippen LogP contribution in [0.4, 0.5) is 4.39 Å². The van der Waals surface area contributed by atoms with Crippen molar-refractivity contribution in [2.24, 2.45) is 0 Å². The predicted octanol–water partition coefficient (Wildman–Crippen LogP) is 2.42. The highest BCUT2D eigenvalue weighted by molar-refractivity contribution is 6.62. The smallest absolute Gasteiger partial charge is 0.399 e. The molecule has 2 aliphatic rings. The van der Waals surface area contributed by atoms with Crippen molar-refractivity contribution in [3.63, 3.8) is 0 Å². The van der Waals surface area contributed by atoms with E-state index >= 15 is 0 Å². The van der Waals surface area contributed by atoms with E-state index < -0.39 is 18.3 Å². The van der Waals surface area contributed by atoms with Crippen LogP contribution in [0.5, 0.6) is 0 Å². The van der Waals surface area contributed by atoms with Crippen LogP contribution < -0.4 is 5.46 Å². The molecule has 2 aromatic rings. The van der Waals surface area contributed by atoms with Crippen molar-refractivity contribution in [1.29, 1.82) is 0 Å². The van der Waals surface area contributed by atoms with Crippen molar-refractivity contribution in [3.05, 3.63) is 23.6 Å². The molecule has 0 saturated carbocycles. The van der Waals surface area contributed by atoms with Gasteiger partial charge >= 0.3 is 7.12 Å². The summed E-state index contributed by atoms with van der Waals surface area (Å²) in [6.07, 6.45) is 2.02. The highest BCUT2D eigenvalue weighted by Crippen LogP contribution is 2.37. The largest absolute Gasteiger partial charge is 0.494 e. The van der Waals surface area contributed by atoms with Gasteiger partial charge in [-0.05, 0) is 52.1 Å². The monoisotopic (exact) mass is 302 g/mol. The highest BCUT2D eigenvalue weighted by Gasteiger charge is 2.51. The molecule has 3 heterocycles. The number of fused-ring (bicyclic) bond motifs is 3. The second-order valence-corrected chi connectivity index (χ2v) is 7.26. The first kappa shape index (κ1) is 14.2. The lowest BCUT2D eigenvalue weighted by Gasteiger charge is -2.32. The van der Waals surface area contributed by atoms with E-state index in [1.807, 2.05) is 38.4 Å². The molecule has 116 valence electrons. The molecule has 4 nitrogen and oxygen atoms in total. The Bertz CT molecular complexity index is 753. The van der Waals surface area contributed by atoms with Crippen LogP contribution in [0.3, 0.4) is 0 Å². The maximum Gasteiger partial charge on any atom is 0.494 e. The molecule has 0 spiro atoms. The van der Waals surface area contributed by atoms with Gasteiger partial charge in [0.1, 0.15) is 5.52 Å². The lowest BCUT2D eigenvalue weighted by molar-refractivity contribution is 0.00578. The van der Waals surface area contributed by atoms with Crippen LogP contribution in [0.2, 0.25) is 0 Å². The van der Waals surface area contributed by atoms with Gasteiger partial charge in [-0.1, -0.05) is 6.07 Å². The van der Waals surface area contributed by atoms with E-state index in [1.165, 1.54) is 6.07 Å². The first-order valence-electron chi connectivity index (χ1n) is 7.83. The fourth-order valence-corrected chi connectivity index (χ4v) is 3.22. The number of benzene rings is 1. The second kappa shape index (κ2) is 4.33. The third kappa shape index (κ3) is 1.86. The second-order valence-electron chi connectivity index (χ2n) is 7.26. The Kier molecular flexibility index (Phi) is 2.80. The molecule has 0 radical (unpaired) electrons. The number of nitrogens with zero attached hydrogens (tertiary/aromatic N) is 2. The summed E-state index contributed by atoms with van der Waals surface area (Å²) in [6.45, 7) is 8.87. The lowest BCUT2D eigenvalue weighted by Crippen LogP contribution is -2.41. The summed E-state index contributed by atoms with van der Waals surface area (Å²) in [7, 11) is -0.541. The number of aryl methyl sites for hydroxylation is 2. The molecule has 0 amide bonds. The Labute approximate surface area is 129 Å². The van der Waals surface area contributed by atoms with E-state index in [4.69, 9.17) is 9.31 Å². The topological polar surface area (TPSA) is 36.3 Å². The summed E-state index contributed by atoms with van der Waals surface area (Å²) >= 11 is 0. The maximum absolute atomic E-state index is 14.5. The lowest BCUT2D eigenvalue weighted by atomic mass is 9.78. The van der Waals surface area contributed by atoms with Gasteiger partial charge in [-0.15, -0.1) is 0 Å². The number of halogens is 1. The van der Waals surface area contributed by atoms with Gasteiger partial charge in [-0.2, -0.15) is 5.10 Å². The first-order valence-corrected chi connectivity index (χ1v) is 7.83. The van der Waals surface area contributed by atoms with E-state index in [2.05, 4.69) is 5.10 Å². The van der Waals surface area contributed by atoms with Crippen LogP contribution in [-0.4, -0.2) is 28.1 Å². The molecule has 0 atom stereocenters. The van der Waals surface area contributed by atoms with Crippen molar-refractivity contribution < 1.29 is 13.7 Å². The molecule has 6 heteroatoms. The van der Waals surface area contributed by atoms with Gasteiger partial charge in [0.05, 0.1) is 11.2 Å². The Hall–Kier alpha value is -1.40. The molecule has 0 N–H and O–H groups in total. The molecule has 0 bridgehead atoms. The molecule has 1 aromatic carbocycles. The van der Waals surface area contributed by atoms with E-state index in [-0.39, 0.29) is 5.82 Å². The molecular formula is C16H20BFN2O2. The average molecular weight is 302 g/mol. The summed E-state index contributed by atoms with van der Waals surface area (Å²) in [4.78, 5) is 0. The molecule has 1 fully saturated rings. The minimum atomic E-state index is -0.541. The molecule has 2 aliphatic heterocycles.